The van der Waals surface area contributed by atoms with E-state index >= 15 is 0 Å². The number of alkyl carbamates (subject to hydrolysis) is 1. The second-order valence-electron chi connectivity index (χ2n) is 9.43. The number of H-pyrrole nitrogens is 1. The number of rotatable bonds is 5. The van der Waals surface area contributed by atoms with Crippen LogP contribution in [0.1, 0.15) is 47.1 Å². The van der Waals surface area contributed by atoms with Crippen molar-refractivity contribution >= 4 is 22.7 Å². The van der Waals surface area contributed by atoms with Crippen molar-refractivity contribution < 1.29 is 9.53 Å². The zero-order valence-corrected chi connectivity index (χ0v) is 20.4. The Morgan fingerprint density at radius 1 is 1.14 bits per heavy atom. The fraction of sp³-hybridized carbons (Fsp3) is 0.276. The fourth-order valence-corrected chi connectivity index (χ4v) is 4.92. The Kier molecular flexibility index (Phi) is 6.12. The summed E-state index contributed by atoms with van der Waals surface area (Å²) in [6, 6.07) is 16.1. The molecule has 178 valence electrons. The van der Waals surface area contributed by atoms with Crippen LogP contribution in [-0.4, -0.2) is 27.1 Å². The number of benzene rings is 1. The molecule has 1 unspecified atom stereocenters. The van der Waals surface area contributed by atoms with Gasteiger partial charge in [-0.15, -0.1) is 0 Å². The average Bonchev–Trinajstić information content (AvgIpc) is 3.20. The van der Waals surface area contributed by atoms with Crippen LogP contribution in [0.5, 0.6) is 0 Å². The molecule has 0 bridgehead atoms. The summed E-state index contributed by atoms with van der Waals surface area (Å²) in [6.45, 7) is 10.5. The van der Waals surface area contributed by atoms with E-state index in [1.54, 1.807) is 0 Å². The molecule has 3 aromatic heterocycles. The van der Waals surface area contributed by atoms with Gasteiger partial charge in [0, 0.05) is 40.7 Å². The number of nitrogens with zero attached hydrogens (tertiary/aromatic N) is 2. The van der Waals surface area contributed by atoms with Crippen molar-refractivity contribution in [3.05, 3.63) is 88.9 Å². The number of hydrogen-bond donors (Lipinski definition) is 2. The van der Waals surface area contributed by atoms with E-state index in [0.717, 1.165) is 68.9 Å². The molecule has 0 radical (unpaired) electrons. The Balaban J connectivity index is 1.39. The summed E-state index contributed by atoms with van der Waals surface area (Å²) < 4.78 is 5.42. The molecule has 2 N–H and O–H groups in total. The number of fused-ring (bicyclic) bond motifs is 2. The Bertz CT molecular complexity index is 1400. The van der Waals surface area contributed by atoms with Crippen molar-refractivity contribution in [3.63, 3.8) is 0 Å². The number of aryl methyl sites for hydroxylation is 3. The maximum absolute atomic E-state index is 12.4. The number of pyridine rings is 2. The Morgan fingerprint density at radius 2 is 1.89 bits per heavy atom. The highest BCUT2D eigenvalue weighted by molar-refractivity contribution is 5.97. The minimum absolute atomic E-state index is 0.00656. The standard InChI is InChI=1S/C29H30N4O2/c1-17(2)26-27(22-12-18(3)30-19(4)13-22)33-25-14-21-10-11-23(15-24(21)32-28(25)26)31-29(34)35-16-20-8-6-5-7-9-20/h5-9,12-14,23,33H,1,10-11,15-16H2,2-4H3,(H,31,34). The number of hydrogen-bond acceptors (Lipinski definition) is 4. The summed E-state index contributed by atoms with van der Waals surface area (Å²) in [4.78, 5) is 25.6. The highest BCUT2D eigenvalue weighted by Gasteiger charge is 2.25. The van der Waals surface area contributed by atoms with Crippen LogP contribution in [0.3, 0.4) is 0 Å². The van der Waals surface area contributed by atoms with Crippen molar-refractivity contribution in [1.29, 1.82) is 0 Å². The molecule has 1 aliphatic carbocycles. The largest absolute Gasteiger partial charge is 0.445 e. The molecule has 0 saturated carbocycles. The number of allylic oxidation sites excluding steroid dienone is 1. The first-order valence-electron chi connectivity index (χ1n) is 12.0. The zero-order chi connectivity index (χ0) is 24.5. The summed E-state index contributed by atoms with van der Waals surface area (Å²) in [7, 11) is 0. The molecule has 6 heteroatoms. The highest BCUT2D eigenvalue weighted by Crippen LogP contribution is 2.36. The van der Waals surface area contributed by atoms with Gasteiger partial charge in [-0.3, -0.25) is 9.97 Å². The molecule has 1 aromatic carbocycles. The molecule has 4 aromatic rings. The van der Waals surface area contributed by atoms with Crippen molar-refractivity contribution in [2.45, 2.75) is 52.7 Å². The van der Waals surface area contributed by atoms with E-state index in [4.69, 9.17) is 9.72 Å². The number of carbonyl (C=O) groups is 1. The van der Waals surface area contributed by atoms with E-state index in [9.17, 15) is 4.79 Å². The molecule has 0 spiro atoms. The molecule has 1 amide bonds. The lowest BCUT2D eigenvalue weighted by molar-refractivity contribution is 0.134. The average molecular weight is 467 g/mol. The van der Waals surface area contributed by atoms with Gasteiger partial charge in [0.05, 0.1) is 16.7 Å². The van der Waals surface area contributed by atoms with E-state index in [2.05, 4.69) is 40.1 Å². The van der Waals surface area contributed by atoms with Gasteiger partial charge >= 0.3 is 6.09 Å². The maximum Gasteiger partial charge on any atom is 0.407 e. The van der Waals surface area contributed by atoms with Crippen molar-refractivity contribution in [2.24, 2.45) is 0 Å². The van der Waals surface area contributed by atoms with E-state index in [0.29, 0.717) is 6.42 Å². The van der Waals surface area contributed by atoms with Gasteiger partial charge in [-0.05, 0) is 68.5 Å². The molecule has 0 aliphatic heterocycles. The summed E-state index contributed by atoms with van der Waals surface area (Å²) >= 11 is 0. The lowest BCUT2D eigenvalue weighted by atomic mass is 9.91. The van der Waals surface area contributed by atoms with Gasteiger partial charge in [0.25, 0.3) is 0 Å². The van der Waals surface area contributed by atoms with Crippen LogP contribution in [0.25, 0.3) is 27.9 Å². The van der Waals surface area contributed by atoms with Crippen LogP contribution in [0.15, 0.2) is 55.1 Å². The minimum atomic E-state index is -0.390. The summed E-state index contributed by atoms with van der Waals surface area (Å²) in [5.74, 6) is 0. The van der Waals surface area contributed by atoms with Gasteiger partial charge in [-0.2, -0.15) is 0 Å². The highest BCUT2D eigenvalue weighted by atomic mass is 16.5. The van der Waals surface area contributed by atoms with E-state index in [1.165, 1.54) is 5.56 Å². The molecule has 1 atom stereocenters. The molecular weight excluding hydrogens is 436 g/mol. The molecular formula is C29H30N4O2. The second kappa shape index (κ2) is 9.37. The van der Waals surface area contributed by atoms with Crippen LogP contribution in [0.4, 0.5) is 4.79 Å². The van der Waals surface area contributed by atoms with Gasteiger partial charge in [-0.1, -0.05) is 36.9 Å². The Hall–Kier alpha value is -3.93. The Labute approximate surface area is 205 Å². The predicted octanol–water partition coefficient (Wildman–Crippen LogP) is 6.06. The van der Waals surface area contributed by atoms with Gasteiger partial charge in [-0.25, -0.2) is 4.79 Å². The second-order valence-corrected chi connectivity index (χ2v) is 9.43. The number of nitrogens with one attached hydrogen (secondary N) is 2. The molecule has 35 heavy (non-hydrogen) atoms. The third-order valence-corrected chi connectivity index (χ3v) is 6.47. The Morgan fingerprint density at radius 3 is 2.60 bits per heavy atom. The van der Waals surface area contributed by atoms with Gasteiger partial charge < -0.3 is 15.0 Å². The van der Waals surface area contributed by atoms with Gasteiger partial charge in [0.1, 0.15) is 6.61 Å². The summed E-state index contributed by atoms with van der Waals surface area (Å²) in [6.07, 6.45) is 1.99. The SMILES string of the molecule is C=C(C)c1c(-c2cc(C)nc(C)c2)[nH]c2cc3c(nc12)CC(NC(=O)OCc1ccccc1)CC3. The maximum atomic E-state index is 12.4. The molecule has 5 rings (SSSR count). The lowest BCUT2D eigenvalue weighted by Gasteiger charge is -2.24. The van der Waals surface area contributed by atoms with Crippen LogP contribution in [-0.2, 0) is 24.2 Å². The molecule has 3 heterocycles. The minimum Gasteiger partial charge on any atom is -0.445 e. The molecule has 6 nitrogen and oxygen atoms in total. The van der Waals surface area contributed by atoms with Crippen molar-refractivity contribution in [3.8, 4) is 11.3 Å². The quantitative estimate of drug-likeness (QED) is 0.375. The number of ether oxygens (including phenoxy) is 1. The fourth-order valence-electron chi connectivity index (χ4n) is 4.92. The molecule has 1 aliphatic rings. The van der Waals surface area contributed by atoms with Crippen molar-refractivity contribution in [1.82, 2.24) is 20.3 Å². The number of aromatic amines is 1. The van der Waals surface area contributed by atoms with E-state index in [1.807, 2.05) is 51.1 Å². The number of aromatic nitrogens is 3. The first kappa shape index (κ1) is 22.8. The van der Waals surface area contributed by atoms with E-state index < -0.39 is 6.09 Å². The number of carbonyl (C=O) groups excluding carboxylic acids is 1. The smallest absolute Gasteiger partial charge is 0.407 e. The topological polar surface area (TPSA) is 79.9 Å². The summed E-state index contributed by atoms with van der Waals surface area (Å²) in [5.41, 5.74) is 11.2. The van der Waals surface area contributed by atoms with Crippen LogP contribution in [0, 0.1) is 13.8 Å². The van der Waals surface area contributed by atoms with Crippen molar-refractivity contribution in [2.75, 3.05) is 0 Å². The zero-order valence-electron chi connectivity index (χ0n) is 20.4. The van der Waals surface area contributed by atoms with Crippen LogP contribution >= 0.6 is 0 Å². The third kappa shape index (κ3) is 4.83. The predicted molar refractivity (Wildman–Crippen MR) is 139 cm³/mol. The van der Waals surface area contributed by atoms with Gasteiger partial charge in [0.15, 0.2) is 0 Å². The molecule has 0 fully saturated rings. The molecule has 0 saturated heterocycles. The first-order valence-corrected chi connectivity index (χ1v) is 12.0. The normalized spacial score (nSPS) is 15.0. The summed E-state index contributed by atoms with van der Waals surface area (Å²) in [5, 5.41) is 3.03. The lowest BCUT2D eigenvalue weighted by Crippen LogP contribution is -2.39. The monoisotopic (exact) mass is 466 g/mol. The van der Waals surface area contributed by atoms with Gasteiger partial charge in [0.2, 0.25) is 0 Å². The first-order chi connectivity index (χ1) is 16.9. The number of amides is 1. The van der Waals surface area contributed by atoms with Crippen LogP contribution < -0.4 is 5.32 Å². The van der Waals surface area contributed by atoms with Crippen LogP contribution in [0.2, 0.25) is 0 Å². The van der Waals surface area contributed by atoms with E-state index in [-0.39, 0.29) is 12.6 Å². The third-order valence-electron chi connectivity index (χ3n) is 6.47.